The van der Waals surface area contributed by atoms with Crippen LogP contribution in [0.2, 0.25) is 0 Å². The number of rotatable bonds is 3. The van der Waals surface area contributed by atoms with Crippen molar-refractivity contribution >= 4 is 17.6 Å². The molecule has 0 fully saturated rings. The van der Waals surface area contributed by atoms with E-state index in [9.17, 15) is 9.90 Å². The predicted octanol–water partition coefficient (Wildman–Crippen LogP) is 2.13. The van der Waals surface area contributed by atoms with Gasteiger partial charge in [0.25, 0.3) is 0 Å². The Morgan fingerprint density at radius 1 is 1.40 bits per heavy atom. The molecule has 5 heteroatoms. The number of aldehydes is 1. The van der Waals surface area contributed by atoms with Crippen molar-refractivity contribution in [3.8, 4) is 11.0 Å². The van der Waals surface area contributed by atoms with Gasteiger partial charge in [0.15, 0.2) is 16.4 Å². The Labute approximate surface area is 121 Å². The van der Waals surface area contributed by atoms with Gasteiger partial charge in [-0.15, -0.1) is 0 Å². The number of carbonyl (C=O) groups excluding carboxylic acids is 1. The summed E-state index contributed by atoms with van der Waals surface area (Å²) in [5.74, 6) is 0.884. The smallest absolute Gasteiger partial charge is 0.348 e. The van der Waals surface area contributed by atoms with E-state index in [2.05, 4.69) is 17.1 Å². The van der Waals surface area contributed by atoms with Crippen molar-refractivity contribution in [3.63, 3.8) is 0 Å². The Kier molecular flexibility index (Phi) is 3.60. The maximum atomic E-state index is 11.3. The number of nitrogens with zero attached hydrogens (tertiary/aromatic N) is 2. The molecule has 3 rings (SSSR count). The maximum absolute atomic E-state index is 11.3. The summed E-state index contributed by atoms with van der Waals surface area (Å²) in [6, 6.07) is 4.05. The second kappa shape index (κ2) is 5.54. The van der Waals surface area contributed by atoms with E-state index in [0.29, 0.717) is 22.9 Å². The molecule has 2 aromatic rings. The van der Waals surface area contributed by atoms with E-state index in [4.69, 9.17) is 0 Å². The molecule has 2 aromatic heterocycles. The lowest BCUT2D eigenvalue weighted by Gasteiger charge is -2.16. The molecule has 4 nitrogen and oxygen atoms in total. The Balaban J connectivity index is 1.90. The van der Waals surface area contributed by atoms with Crippen LogP contribution < -0.4 is 9.67 Å². The van der Waals surface area contributed by atoms with Crippen LogP contribution in [0.25, 0.3) is 5.82 Å². The molecule has 0 amide bonds. The summed E-state index contributed by atoms with van der Waals surface area (Å²) in [7, 11) is 0. The van der Waals surface area contributed by atoms with Gasteiger partial charge in [-0.25, -0.2) is 4.57 Å². The lowest BCUT2D eigenvalue weighted by atomic mass is 9.90. The van der Waals surface area contributed by atoms with E-state index in [1.54, 1.807) is 4.57 Å². The minimum atomic E-state index is -0.339. The highest BCUT2D eigenvalue weighted by molar-refractivity contribution is 7.15. The van der Waals surface area contributed by atoms with E-state index in [-0.39, 0.29) is 5.19 Å². The van der Waals surface area contributed by atoms with Crippen LogP contribution in [0, 0.1) is 0 Å². The predicted molar refractivity (Wildman–Crippen MR) is 74.2 cm³/mol. The monoisotopic (exact) mass is 286 g/mol. The highest BCUT2D eigenvalue weighted by atomic mass is 32.1. The Morgan fingerprint density at radius 3 is 2.85 bits per heavy atom. The lowest BCUT2D eigenvalue weighted by Crippen LogP contribution is -2.31. The fourth-order valence-corrected chi connectivity index (χ4v) is 3.09. The van der Waals surface area contributed by atoms with Crippen LogP contribution in [0.5, 0.6) is 5.19 Å². The highest BCUT2D eigenvalue weighted by Crippen LogP contribution is 2.27. The molecule has 102 valence electrons. The van der Waals surface area contributed by atoms with Crippen LogP contribution in [0.4, 0.5) is 0 Å². The minimum absolute atomic E-state index is 0.339. The molecule has 1 unspecified atom stereocenters. The summed E-state index contributed by atoms with van der Waals surface area (Å²) in [6.07, 6.45) is 12.4. The molecule has 1 aliphatic carbocycles. The number of allylic oxidation sites excluding steroid dienone is 2. The van der Waals surface area contributed by atoms with E-state index in [1.807, 2.05) is 24.5 Å². The zero-order valence-electron chi connectivity index (χ0n) is 10.9. The summed E-state index contributed by atoms with van der Waals surface area (Å²) in [4.78, 5) is 15.2. The second-order valence-corrected chi connectivity index (χ2v) is 5.78. The van der Waals surface area contributed by atoms with Gasteiger partial charge in [0.2, 0.25) is 0 Å². The van der Waals surface area contributed by atoms with Gasteiger partial charge >= 0.3 is 5.82 Å². The number of hydrogen-bond donors (Lipinski definition) is 0. The van der Waals surface area contributed by atoms with Crippen LogP contribution in [0.1, 0.15) is 40.4 Å². The van der Waals surface area contributed by atoms with Crippen molar-refractivity contribution in [3.05, 3.63) is 47.1 Å². The average molecular weight is 286 g/mol. The summed E-state index contributed by atoms with van der Waals surface area (Å²) in [5, 5.41) is 10.9. The van der Waals surface area contributed by atoms with Crippen molar-refractivity contribution in [1.82, 2.24) is 4.98 Å². The van der Waals surface area contributed by atoms with Gasteiger partial charge in [0.1, 0.15) is 0 Å². The Hall–Kier alpha value is -2.01. The van der Waals surface area contributed by atoms with Gasteiger partial charge in [0.05, 0.1) is 12.4 Å². The third-order valence-electron chi connectivity index (χ3n) is 3.50. The fraction of sp³-hybridized carbons (Fsp3) is 0.267. The van der Waals surface area contributed by atoms with Gasteiger partial charge in [-0.05, 0) is 41.9 Å². The molecule has 0 bridgehead atoms. The van der Waals surface area contributed by atoms with Crippen molar-refractivity contribution in [2.75, 3.05) is 0 Å². The molecule has 20 heavy (non-hydrogen) atoms. The van der Waals surface area contributed by atoms with Crippen LogP contribution in [-0.2, 0) is 0 Å². The standard InChI is InChI=1S/C15H14N2O2S/c18-10-13-14(16-15(19)20-13)17-8-6-12(7-9-17)11-4-2-1-3-5-11/h2,4,6-11H,1,3,5H2. The highest BCUT2D eigenvalue weighted by Gasteiger charge is 2.18. The summed E-state index contributed by atoms with van der Waals surface area (Å²) in [6.45, 7) is 0. The zero-order valence-corrected chi connectivity index (χ0v) is 11.7. The van der Waals surface area contributed by atoms with Crippen molar-refractivity contribution in [1.29, 1.82) is 0 Å². The topological polar surface area (TPSA) is 56.9 Å². The van der Waals surface area contributed by atoms with Crippen molar-refractivity contribution in [2.45, 2.75) is 25.2 Å². The zero-order chi connectivity index (χ0) is 13.9. The molecule has 1 aliphatic rings. The first kappa shape index (κ1) is 13.0. The fourth-order valence-electron chi connectivity index (χ4n) is 2.48. The van der Waals surface area contributed by atoms with Gasteiger partial charge in [-0.2, -0.15) is 0 Å². The average Bonchev–Trinajstić information content (AvgIpc) is 2.89. The first-order valence-electron chi connectivity index (χ1n) is 6.59. The Morgan fingerprint density at radius 2 is 2.20 bits per heavy atom. The van der Waals surface area contributed by atoms with Gasteiger partial charge in [0, 0.05) is 5.92 Å². The number of thiazole rings is 1. The Bertz CT molecular complexity index is 646. The third kappa shape index (κ3) is 2.49. The normalized spacial score (nSPS) is 18.1. The van der Waals surface area contributed by atoms with Gasteiger partial charge < -0.3 is 5.11 Å². The molecular formula is C15H14N2O2S. The second-order valence-electron chi connectivity index (χ2n) is 4.79. The number of carbonyl (C=O) groups is 1. The maximum Gasteiger partial charge on any atom is 0.348 e. The minimum Gasteiger partial charge on any atom is -0.831 e. The number of pyridine rings is 1. The van der Waals surface area contributed by atoms with Crippen LogP contribution >= 0.6 is 11.3 Å². The molecule has 1 atom stereocenters. The first-order valence-corrected chi connectivity index (χ1v) is 7.41. The van der Waals surface area contributed by atoms with Crippen molar-refractivity contribution in [2.24, 2.45) is 0 Å². The SMILES string of the molecule is O=Cc1sc([O-])nc1-[n+]1ccc(C2C=CCCC2)cc1. The number of hydrogen-bond acceptors (Lipinski definition) is 4. The van der Waals surface area contributed by atoms with Crippen molar-refractivity contribution < 1.29 is 14.5 Å². The molecule has 0 N–H and O–H groups in total. The molecule has 0 aromatic carbocycles. The summed E-state index contributed by atoms with van der Waals surface area (Å²) >= 11 is 0.875. The lowest BCUT2D eigenvalue weighted by molar-refractivity contribution is -0.599. The van der Waals surface area contributed by atoms with E-state index in [0.717, 1.165) is 17.8 Å². The molecule has 0 spiro atoms. The molecule has 0 radical (unpaired) electrons. The largest absolute Gasteiger partial charge is 0.831 e. The molecule has 0 saturated heterocycles. The van der Waals surface area contributed by atoms with E-state index in [1.165, 1.54) is 18.4 Å². The molecule has 0 saturated carbocycles. The molecule has 2 heterocycles. The quantitative estimate of drug-likeness (QED) is 0.493. The summed E-state index contributed by atoms with van der Waals surface area (Å²) in [5.41, 5.74) is 1.25. The third-order valence-corrected chi connectivity index (χ3v) is 4.27. The van der Waals surface area contributed by atoms with Gasteiger partial charge in [-0.1, -0.05) is 23.5 Å². The first-order chi connectivity index (χ1) is 9.78. The van der Waals surface area contributed by atoms with Crippen LogP contribution in [0.3, 0.4) is 0 Å². The van der Waals surface area contributed by atoms with E-state index >= 15 is 0 Å². The van der Waals surface area contributed by atoms with E-state index < -0.39 is 0 Å². The van der Waals surface area contributed by atoms with Gasteiger partial charge in [-0.3, -0.25) is 4.79 Å². The number of aromatic nitrogens is 2. The summed E-state index contributed by atoms with van der Waals surface area (Å²) < 4.78 is 1.72. The van der Waals surface area contributed by atoms with Crippen LogP contribution in [0.15, 0.2) is 36.7 Å². The van der Waals surface area contributed by atoms with Crippen LogP contribution in [-0.4, -0.2) is 11.3 Å². The molecule has 0 aliphatic heterocycles. The molecular weight excluding hydrogens is 272 g/mol.